The van der Waals surface area contributed by atoms with Gasteiger partial charge in [-0.1, -0.05) is 34.1 Å². The Balaban J connectivity index is 1.61. The Morgan fingerprint density at radius 3 is 2.16 bits per heavy atom. The van der Waals surface area contributed by atoms with Crippen LogP contribution in [0.25, 0.3) is 0 Å². The number of fused-ring (bicyclic) bond motifs is 1. The molecular formula is C20H19BrN2O2. The zero-order valence-electron chi connectivity index (χ0n) is 13.7. The molecule has 2 fully saturated rings. The van der Waals surface area contributed by atoms with E-state index in [1.165, 1.54) is 0 Å². The van der Waals surface area contributed by atoms with Gasteiger partial charge in [0.15, 0.2) is 5.78 Å². The smallest absolute Gasteiger partial charge is 0.254 e. The average molecular weight is 399 g/mol. The van der Waals surface area contributed by atoms with E-state index in [4.69, 9.17) is 0 Å². The molecule has 5 heteroatoms. The molecule has 0 saturated carbocycles. The van der Waals surface area contributed by atoms with Crippen molar-refractivity contribution in [2.24, 2.45) is 11.8 Å². The first-order chi connectivity index (χ1) is 12.1. The van der Waals surface area contributed by atoms with Gasteiger partial charge in [-0.25, -0.2) is 0 Å². The van der Waals surface area contributed by atoms with Crippen LogP contribution in [0.3, 0.4) is 0 Å². The van der Waals surface area contributed by atoms with Gasteiger partial charge in [0, 0.05) is 41.8 Å². The Bertz CT molecular complexity index is 807. The van der Waals surface area contributed by atoms with Gasteiger partial charge >= 0.3 is 0 Å². The quantitative estimate of drug-likeness (QED) is 0.808. The second kappa shape index (κ2) is 6.73. The summed E-state index contributed by atoms with van der Waals surface area (Å²) in [5.41, 5.74) is 1.57. The SMILES string of the molecule is O=C(c1ccc(Br)cc1)c1ccccc1C(=O)N1C[C@H]2CNC[C@H]2C1. The van der Waals surface area contributed by atoms with Crippen LogP contribution in [0.4, 0.5) is 0 Å². The van der Waals surface area contributed by atoms with Crippen molar-refractivity contribution in [2.45, 2.75) is 0 Å². The minimum Gasteiger partial charge on any atom is -0.338 e. The number of carbonyl (C=O) groups is 2. The zero-order valence-corrected chi connectivity index (χ0v) is 15.3. The minimum atomic E-state index is -0.113. The molecule has 2 aromatic rings. The number of nitrogens with zero attached hydrogens (tertiary/aromatic N) is 1. The number of halogens is 1. The zero-order chi connectivity index (χ0) is 17.4. The molecule has 128 valence electrons. The molecule has 1 N–H and O–H groups in total. The second-order valence-corrected chi connectivity index (χ2v) is 7.69. The van der Waals surface area contributed by atoms with Gasteiger partial charge in [0.05, 0.1) is 5.56 Å². The fourth-order valence-electron chi connectivity index (χ4n) is 3.82. The Labute approximate surface area is 155 Å². The molecule has 2 aliphatic heterocycles. The largest absolute Gasteiger partial charge is 0.338 e. The number of hydrogen-bond donors (Lipinski definition) is 1. The molecule has 0 spiro atoms. The van der Waals surface area contributed by atoms with Crippen molar-refractivity contribution in [1.82, 2.24) is 10.2 Å². The third-order valence-electron chi connectivity index (χ3n) is 5.19. The van der Waals surface area contributed by atoms with E-state index in [0.29, 0.717) is 28.5 Å². The lowest BCUT2D eigenvalue weighted by Gasteiger charge is -2.19. The normalized spacial score (nSPS) is 22.0. The number of carbonyl (C=O) groups excluding carboxylic acids is 2. The van der Waals surface area contributed by atoms with E-state index in [9.17, 15) is 9.59 Å². The van der Waals surface area contributed by atoms with Gasteiger partial charge in [0.1, 0.15) is 0 Å². The number of likely N-dealkylation sites (tertiary alicyclic amines) is 1. The number of ketones is 1. The Kier molecular flexibility index (Phi) is 4.44. The van der Waals surface area contributed by atoms with E-state index in [1.807, 2.05) is 29.2 Å². The van der Waals surface area contributed by atoms with Crippen molar-refractivity contribution < 1.29 is 9.59 Å². The van der Waals surface area contributed by atoms with Crippen LogP contribution in [0.15, 0.2) is 53.0 Å². The first-order valence-corrected chi connectivity index (χ1v) is 9.32. The van der Waals surface area contributed by atoms with Crippen molar-refractivity contribution in [2.75, 3.05) is 26.2 Å². The maximum atomic E-state index is 13.0. The minimum absolute atomic E-state index is 0.0320. The summed E-state index contributed by atoms with van der Waals surface area (Å²) in [6, 6.07) is 14.4. The molecule has 0 radical (unpaired) electrons. The standard InChI is InChI=1S/C20H19BrN2O2/c21-16-7-5-13(6-8-16)19(24)17-3-1-2-4-18(17)20(25)23-11-14-9-22-10-15(14)12-23/h1-8,14-15,22H,9-12H2/t14-,15+. The van der Waals surface area contributed by atoms with Crippen LogP contribution < -0.4 is 5.32 Å². The predicted molar refractivity (Wildman–Crippen MR) is 99.8 cm³/mol. The van der Waals surface area contributed by atoms with Gasteiger partial charge in [0.2, 0.25) is 0 Å². The van der Waals surface area contributed by atoms with E-state index >= 15 is 0 Å². The van der Waals surface area contributed by atoms with E-state index in [2.05, 4.69) is 21.2 Å². The summed E-state index contributed by atoms with van der Waals surface area (Å²) in [6.45, 7) is 3.51. The third-order valence-corrected chi connectivity index (χ3v) is 5.71. The summed E-state index contributed by atoms with van der Waals surface area (Å²) in [7, 11) is 0. The Morgan fingerprint density at radius 2 is 1.52 bits per heavy atom. The third kappa shape index (κ3) is 3.14. The molecule has 2 atom stereocenters. The molecule has 4 rings (SSSR count). The topological polar surface area (TPSA) is 49.4 Å². The van der Waals surface area contributed by atoms with Crippen LogP contribution in [-0.2, 0) is 0 Å². The van der Waals surface area contributed by atoms with Crippen LogP contribution in [0, 0.1) is 11.8 Å². The monoisotopic (exact) mass is 398 g/mol. The lowest BCUT2D eigenvalue weighted by molar-refractivity contribution is 0.0777. The molecule has 2 saturated heterocycles. The van der Waals surface area contributed by atoms with Gasteiger partial charge in [-0.3, -0.25) is 9.59 Å². The summed E-state index contributed by atoms with van der Waals surface area (Å²) < 4.78 is 0.922. The molecule has 4 nitrogen and oxygen atoms in total. The summed E-state index contributed by atoms with van der Waals surface area (Å²) >= 11 is 3.38. The number of nitrogens with one attached hydrogen (secondary N) is 1. The summed E-state index contributed by atoms with van der Waals surface area (Å²) in [4.78, 5) is 27.8. The van der Waals surface area contributed by atoms with Crippen LogP contribution in [0.1, 0.15) is 26.3 Å². The molecule has 25 heavy (non-hydrogen) atoms. The highest BCUT2D eigenvalue weighted by molar-refractivity contribution is 9.10. The van der Waals surface area contributed by atoms with Crippen LogP contribution in [0.2, 0.25) is 0 Å². The second-order valence-electron chi connectivity index (χ2n) is 6.77. The van der Waals surface area contributed by atoms with Crippen molar-refractivity contribution in [3.05, 3.63) is 69.7 Å². The first kappa shape index (κ1) is 16.5. The number of rotatable bonds is 3. The van der Waals surface area contributed by atoms with E-state index < -0.39 is 0 Å². The first-order valence-electron chi connectivity index (χ1n) is 8.53. The van der Waals surface area contributed by atoms with Crippen molar-refractivity contribution in [3.8, 4) is 0 Å². The maximum absolute atomic E-state index is 13.0. The van der Waals surface area contributed by atoms with Gasteiger partial charge in [0.25, 0.3) is 5.91 Å². The lowest BCUT2D eigenvalue weighted by Crippen LogP contribution is -2.32. The molecule has 0 aromatic heterocycles. The predicted octanol–water partition coefficient (Wildman–Crippen LogP) is 2.97. The fourth-order valence-corrected chi connectivity index (χ4v) is 4.08. The highest BCUT2D eigenvalue weighted by atomic mass is 79.9. The van der Waals surface area contributed by atoms with Gasteiger partial charge in [-0.15, -0.1) is 0 Å². The molecular weight excluding hydrogens is 380 g/mol. The molecule has 1 amide bonds. The number of amides is 1. The van der Waals surface area contributed by atoms with E-state index in [0.717, 1.165) is 30.7 Å². The number of hydrogen-bond acceptors (Lipinski definition) is 3. The van der Waals surface area contributed by atoms with Gasteiger partial charge in [-0.05, 0) is 42.2 Å². The number of benzene rings is 2. The van der Waals surface area contributed by atoms with Gasteiger partial charge in [-0.2, -0.15) is 0 Å². The summed E-state index contributed by atoms with van der Waals surface area (Å²) in [6.07, 6.45) is 0. The summed E-state index contributed by atoms with van der Waals surface area (Å²) in [5, 5.41) is 3.38. The van der Waals surface area contributed by atoms with Crippen molar-refractivity contribution in [3.63, 3.8) is 0 Å². The van der Waals surface area contributed by atoms with Crippen molar-refractivity contribution >= 4 is 27.6 Å². The molecule has 0 bridgehead atoms. The van der Waals surface area contributed by atoms with E-state index in [-0.39, 0.29) is 11.7 Å². The van der Waals surface area contributed by atoms with Crippen LogP contribution in [0.5, 0.6) is 0 Å². The average Bonchev–Trinajstić information content (AvgIpc) is 3.23. The highest BCUT2D eigenvalue weighted by Gasteiger charge is 2.38. The molecule has 2 aliphatic rings. The van der Waals surface area contributed by atoms with Gasteiger partial charge < -0.3 is 10.2 Å². The molecule has 0 aliphatic carbocycles. The lowest BCUT2D eigenvalue weighted by atomic mass is 9.97. The Morgan fingerprint density at radius 1 is 0.920 bits per heavy atom. The van der Waals surface area contributed by atoms with Crippen molar-refractivity contribution in [1.29, 1.82) is 0 Å². The molecule has 0 unspecified atom stereocenters. The maximum Gasteiger partial charge on any atom is 0.254 e. The van der Waals surface area contributed by atoms with E-state index in [1.54, 1.807) is 24.3 Å². The highest BCUT2D eigenvalue weighted by Crippen LogP contribution is 2.28. The summed E-state index contributed by atoms with van der Waals surface area (Å²) in [5.74, 6) is 0.935. The fraction of sp³-hybridized carbons (Fsp3) is 0.300. The molecule has 2 heterocycles. The molecule has 2 aromatic carbocycles. The van der Waals surface area contributed by atoms with Crippen LogP contribution >= 0.6 is 15.9 Å². The van der Waals surface area contributed by atoms with Crippen LogP contribution in [-0.4, -0.2) is 42.8 Å². The Hall–Kier alpha value is -1.98.